The molecule has 7 rings (SSSR count). The van der Waals surface area contributed by atoms with E-state index in [1.54, 1.807) is 29.2 Å². The van der Waals surface area contributed by atoms with Crippen molar-refractivity contribution in [2.24, 2.45) is 5.92 Å². The maximum atomic E-state index is 16.0. The molecule has 0 spiro atoms. The van der Waals surface area contributed by atoms with Crippen LogP contribution in [0.25, 0.3) is 64.6 Å². The van der Waals surface area contributed by atoms with Crippen LogP contribution in [0.1, 0.15) is 18.6 Å². The van der Waals surface area contributed by atoms with Crippen molar-refractivity contribution < 1.29 is 9.18 Å². The molecule has 0 atom stereocenters. The summed E-state index contributed by atoms with van der Waals surface area (Å²) >= 11 is 1.43. The van der Waals surface area contributed by atoms with Crippen LogP contribution in [0.15, 0.2) is 49.1 Å². The zero-order chi connectivity index (χ0) is 24.6. The smallest absolute Gasteiger partial charge is 0.234 e. The molecule has 176 valence electrons. The first-order valence-electron chi connectivity index (χ1n) is 11.3. The SMILES string of the molecule is CC(C)C(=O)n1c2cncc(c2)c2cnc3[nH]nc(c4nc5c(ccnc5c5ccc1s5)[nH]4)c3c2F. The second-order valence-electron chi connectivity index (χ2n) is 8.82. The molecule has 11 heteroatoms. The standard InChI is InChI=1S/C25H17FN8OS/c1-11(2)25(35)34-13-7-12(8-27-9-13)14-10-29-23-18(19(14)26)22(32-33-23)24-30-15-5-6-28-21(20(15)31-24)16-3-4-17(34)36-16/h3-11H,1-2H3,(H,30,31)(H,29,32,33). The molecule has 0 unspecified atom stereocenters. The Kier molecular flexibility index (Phi) is 4.33. The highest BCUT2D eigenvalue weighted by atomic mass is 32.1. The van der Waals surface area contributed by atoms with Gasteiger partial charge in [-0.15, -0.1) is 11.3 Å². The van der Waals surface area contributed by atoms with Gasteiger partial charge in [-0.1, -0.05) is 13.8 Å². The lowest BCUT2D eigenvalue weighted by Crippen LogP contribution is -2.17. The van der Waals surface area contributed by atoms with E-state index in [2.05, 4.69) is 30.1 Å². The molecule has 0 fully saturated rings. The number of hydrogen-bond acceptors (Lipinski definition) is 7. The maximum absolute atomic E-state index is 16.0. The zero-order valence-electron chi connectivity index (χ0n) is 19.1. The first kappa shape index (κ1) is 20.8. The molecular formula is C25H17FN8OS. The van der Waals surface area contributed by atoms with Gasteiger partial charge in [-0.2, -0.15) is 5.10 Å². The maximum Gasteiger partial charge on any atom is 0.234 e. The molecule has 7 aromatic rings. The number of halogens is 1. The molecular weight excluding hydrogens is 479 g/mol. The Morgan fingerprint density at radius 1 is 1.06 bits per heavy atom. The van der Waals surface area contributed by atoms with Crippen LogP contribution in [-0.4, -0.2) is 45.6 Å². The average Bonchev–Trinajstić information content (AvgIpc) is 3.62. The van der Waals surface area contributed by atoms with Crippen LogP contribution in [0.5, 0.6) is 0 Å². The number of carbonyl (C=O) groups excluding carboxylic acids is 1. The third-order valence-corrected chi connectivity index (χ3v) is 7.28. The summed E-state index contributed by atoms with van der Waals surface area (Å²) in [6.07, 6.45) is 6.29. The largest absolute Gasteiger partial charge is 0.336 e. The highest BCUT2D eigenvalue weighted by Crippen LogP contribution is 2.31. The predicted octanol–water partition coefficient (Wildman–Crippen LogP) is 5.66. The fraction of sp³-hybridized carbons (Fsp3) is 0.120. The lowest BCUT2D eigenvalue weighted by molar-refractivity contribution is 0.0865. The van der Waals surface area contributed by atoms with E-state index in [9.17, 15) is 4.79 Å². The molecule has 0 saturated heterocycles. The van der Waals surface area contributed by atoms with Gasteiger partial charge in [0.05, 0.1) is 27.3 Å². The van der Waals surface area contributed by atoms with Gasteiger partial charge in [0, 0.05) is 35.3 Å². The second-order valence-corrected chi connectivity index (χ2v) is 9.88. The topological polar surface area (TPSA) is 118 Å². The Bertz CT molecular complexity index is 2080. The number of nitrogens with one attached hydrogen (secondary N) is 2. The summed E-state index contributed by atoms with van der Waals surface area (Å²) in [5, 5.41) is 8.08. The number of H-pyrrole nitrogens is 2. The Labute approximate surface area is 205 Å². The molecule has 36 heavy (non-hydrogen) atoms. The third-order valence-electron chi connectivity index (χ3n) is 6.20. The minimum absolute atomic E-state index is 0.106. The number of aromatic nitrogens is 8. The van der Waals surface area contributed by atoms with Crippen molar-refractivity contribution in [3.63, 3.8) is 0 Å². The van der Waals surface area contributed by atoms with Crippen LogP contribution >= 0.6 is 11.3 Å². The Hall–Kier alpha value is -4.51. The Balaban J connectivity index is 1.81. The third kappa shape index (κ3) is 2.92. The predicted molar refractivity (Wildman–Crippen MR) is 138 cm³/mol. The van der Waals surface area contributed by atoms with E-state index in [1.165, 1.54) is 17.5 Å². The van der Waals surface area contributed by atoms with Crippen LogP contribution in [-0.2, 0) is 0 Å². The van der Waals surface area contributed by atoms with Gasteiger partial charge in [0.25, 0.3) is 0 Å². The minimum atomic E-state index is -0.504. The normalized spacial score (nSPS) is 12.1. The summed E-state index contributed by atoms with van der Waals surface area (Å²) in [6.45, 7) is 3.68. The lowest BCUT2D eigenvalue weighted by Gasteiger charge is -2.10. The van der Waals surface area contributed by atoms with Crippen LogP contribution in [0.3, 0.4) is 0 Å². The number of pyridine rings is 3. The number of thiophene rings is 1. The summed E-state index contributed by atoms with van der Waals surface area (Å²) in [7, 11) is 0. The van der Waals surface area contributed by atoms with Gasteiger partial charge >= 0.3 is 0 Å². The van der Waals surface area contributed by atoms with Gasteiger partial charge in [0.2, 0.25) is 5.91 Å². The molecule has 0 aliphatic heterocycles. The van der Waals surface area contributed by atoms with Crippen LogP contribution in [0, 0.1) is 11.7 Å². The summed E-state index contributed by atoms with van der Waals surface area (Å²) < 4.78 is 18.5. The molecule has 8 bridgehead atoms. The Morgan fingerprint density at radius 3 is 2.81 bits per heavy atom. The molecule has 0 saturated carbocycles. The first-order chi connectivity index (χ1) is 17.5. The second kappa shape index (κ2) is 7.49. The van der Waals surface area contributed by atoms with Gasteiger partial charge < -0.3 is 4.98 Å². The number of hydrogen-bond donors (Lipinski definition) is 2. The summed E-state index contributed by atoms with van der Waals surface area (Å²) in [5.41, 5.74) is 3.58. The molecule has 0 aromatic carbocycles. The van der Waals surface area contributed by atoms with Crippen molar-refractivity contribution in [1.82, 2.24) is 39.7 Å². The van der Waals surface area contributed by atoms with Crippen LogP contribution < -0.4 is 0 Å². The van der Waals surface area contributed by atoms with Crippen molar-refractivity contribution in [3.05, 3.63) is 54.9 Å². The number of fused-ring (bicyclic) bond motifs is 9. The van der Waals surface area contributed by atoms with Crippen LogP contribution in [0.2, 0.25) is 0 Å². The van der Waals surface area contributed by atoms with E-state index in [4.69, 9.17) is 4.98 Å². The number of nitrogens with zero attached hydrogens (tertiary/aromatic N) is 6. The fourth-order valence-corrected chi connectivity index (χ4v) is 5.48. The van der Waals surface area contributed by atoms with E-state index in [0.29, 0.717) is 43.6 Å². The van der Waals surface area contributed by atoms with Gasteiger partial charge in [-0.25, -0.2) is 14.4 Å². The highest BCUT2D eigenvalue weighted by molar-refractivity contribution is 7.24. The molecule has 7 aromatic heterocycles. The van der Waals surface area contributed by atoms with Crippen molar-refractivity contribution in [1.29, 1.82) is 0 Å². The zero-order valence-corrected chi connectivity index (χ0v) is 19.9. The van der Waals surface area contributed by atoms with Gasteiger partial charge in [0.1, 0.15) is 27.2 Å². The summed E-state index contributed by atoms with van der Waals surface area (Å²) in [5.74, 6) is -0.887. The molecule has 7 heterocycles. The number of rotatable bonds is 1. The summed E-state index contributed by atoms with van der Waals surface area (Å²) in [4.78, 5) is 35.4. The molecule has 0 aliphatic rings. The molecule has 9 nitrogen and oxygen atoms in total. The molecule has 0 radical (unpaired) electrons. The Morgan fingerprint density at radius 2 is 1.94 bits per heavy atom. The van der Waals surface area contributed by atoms with E-state index in [1.807, 2.05) is 32.0 Å². The van der Waals surface area contributed by atoms with Crippen molar-refractivity contribution in [2.75, 3.05) is 0 Å². The number of aromatic amines is 2. The van der Waals surface area contributed by atoms with E-state index >= 15 is 4.39 Å². The van der Waals surface area contributed by atoms with Gasteiger partial charge in [-0.3, -0.25) is 24.4 Å². The fourth-order valence-electron chi connectivity index (χ4n) is 4.45. The van der Waals surface area contributed by atoms with Crippen molar-refractivity contribution in [2.45, 2.75) is 13.8 Å². The van der Waals surface area contributed by atoms with Gasteiger partial charge in [0.15, 0.2) is 11.3 Å². The van der Waals surface area contributed by atoms with E-state index in [-0.39, 0.29) is 22.6 Å². The van der Waals surface area contributed by atoms with Crippen molar-refractivity contribution >= 4 is 81.8 Å². The molecule has 2 N–H and O–H groups in total. The average molecular weight is 497 g/mol. The molecule has 0 aliphatic carbocycles. The monoisotopic (exact) mass is 496 g/mol. The quantitative estimate of drug-likeness (QED) is 0.303. The van der Waals surface area contributed by atoms with E-state index < -0.39 is 5.82 Å². The van der Waals surface area contributed by atoms with Crippen molar-refractivity contribution in [3.8, 4) is 0 Å². The lowest BCUT2D eigenvalue weighted by atomic mass is 10.1. The molecule has 0 amide bonds. The highest BCUT2D eigenvalue weighted by Gasteiger charge is 2.17. The van der Waals surface area contributed by atoms with Crippen LogP contribution in [0.4, 0.5) is 4.39 Å². The summed E-state index contributed by atoms with van der Waals surface area (Å²) in [6, 6.07) is 7.37. The number of imidazole rings is 1. The van der Waals surface area contributed by atoms with E-state index in [0.717, 1.165) is 10.2 Å². The van der Waals surface area contributed by atoms with Gasteiger partial charge in [-0.05, 0) is 24.3 Å². The minimum Gasteiger partial charge on any atom is -0.336 e. The first-order valence-corrected chi connectivity index (χ1v) is 12.1. The number of carbonyl (C=O) groups is 1.